The van der Waals surface area contributed by atoms with Gasteiger partial charge in [0.1, 0.15) is 11.6 Å². The lowest BCUT2D eigenvalue weighted by atomic mass is 9.91. The van der Waals surface area contributed by atoms with Gasteiger partial charge >= 0.3 is 5.97 Å². The predicted octanol–water partition coefficient (Wildman–Crippen LogP) is 4.16. The van der Waals surface area contributed by atoms with Crippen LogP contribution in [0.4, 0.5) is 11.8 Å². The first-order chi connectivity index (χ1) is 18.7. The molecule has 0 saturated heterocycles. The molecule has 2 aromatic heterocycles. The molecule has 39 heavy (non-hydrogen) atoms. The Bertz CT molecular complexity index is 1270. The highest BCUT2D eigenvalue weighted by Gasteiger charge is 2.24. The Hall–Kier alpha value is -3.79. The Balaban J connectivity index is 1.45. The van der Waals surface area contributed by atoms with Crippen molar-refractivity contribution in [1.29, 1.82) is 0 Å². The van der Waals surface area contributed by atoms with E-state index < -0.39 is 12.1 Å². The highest BCUT2D eigenvalue weighted by Crippen LogP contribution is 2.28. The van der Waals surface area contributed by atoms with Crippen LogP contribution in [-0.4, -0.2) is 70.5 Å². The van der Waals surface area contributed by atoms with Crippen molar-refractivity contribution in [2.45, 2.75) is 70.7 Å². The van der Waals surface area contributed by atoms with E-state index in [9.17, 15) is 9.59 Å². The number of fused-ring (bicyclic) bond motifs is 1. The number of nitrogens with zero attached hydrogens (tertiary/aromatic N) is 4. The van der Waals surface area contributed by atoms with Gasteiger partial charge in [-0.15, -0.1) is 0 Å². The number of aromatic nitrogens is 3. The fraction of sp³-hybridized carbons (Fsp3) is 0.483. The first kappa shape index (κ1) is 28.2. The normalized spacial score (nSPS) is 18.1. The van der Waals surface area contributed by atoms with Crippen LogP contribution in [0.2, 0.25) is 0 Å². The van der Waals surface area contributed by atoms with Gasteiger partial charge in [-0.2, -0.15) is 0 Å². The van der Waals surface area contributed by atoms with Crippen LogP contribution in [0.25, 0.3) is 10.9 Å². The quantitative estimate of drug-likeness (QED) is 0.330. The highest BCUT2D eigenvalue weighted by atomic mass is 16.5. The van der Waals surface area contributed by atoms with E-state index >= 15 is 0 Å². The second kappa shape index (κ2) is 12.8. The second-order valence-corrected chi connectivity index (χ2v) is 10.7. The fourth-order valence-corrected chi connectivity index (χ4v) is 4.70. The monoisotopic (exact) mass is 533 g/mol. The van der Waals surface area contributed by atoms with Crippen molar-refractivity contribution < 1.29 is 14.3 Å². The number of likely N-dealkylation sites (N-methyl/N-ethyl adjacent to an activating group) is 1. The average molecular weight is 534 g/mol. The molecule has 10 nitrogen and oxygen atoms in total. The van der Waals surface area contributed by atoms with Crippen LogP contribution >= 0.6 is 0 Å². The lowest BCUT2D eigenvalue weighted by Crippen LogP contribution is -2.43. The van der Waals surface area contributed by atoms with Crippen LogP contribution in [0.3, 0.4) is 0 Å². The molecule has 0 aliphatic heterocycles. The minimum atomic E-state index is -0.555. The van der Waals surface area contributed by atoms with E-state index in [-0.39, 0.29) is 24.0 Å². The third kappa shape index (κ3) is 7.86. The molecule has 0 unspecified atom stereocenters. The van der Waals surface area contributed by atoms with Gasteiger partial charge in [0, 0.05) is 29.7 Å². The van der Waals surface area contributed by atoms with E-state index in [1.54, 1.807) is 30.5 Å². The maximum atomic E-state index is 12.6. The molecule has 1 fully saturated rings. The fourth-order valence-electron chi connectivity index (χ4n) is 4.70. The van der Waals surface area contributed by atoms with Crippen LogP contribution in [-0.2, 0) is 9.53 Å². The Labute approximate surface area is 230 Å². The lowest BCUT2D eigenvalue weighted by Gasteiger charge is -2.30. The molecule has 3 aromatic rings. The summed E-state index contributed by atoms with van der Waals surface area (Å²) >= 11 is 0. The number of carbonyl (C=O) groups excluding carboxylic acids is 2. The van der Waals surface area contributed by atoms with E-state index in [0.717, 1.165) is 31.1 Å². The summed E-state index contributed by atoms with van der Waals surface area (Å²) in [5.41, 5.74) is 1.82. The highest BCUT2D eigenvalue weighted by molar-refractivity contribution is 5.90. The number of rotatable bonds is 10. The summed E-state index contributed by atoms with van der Waals surface area (Å²) in [5.74, 6) is 0.840. The molecule has 0 bridgehead atoms. The number of ether oxygens (including phenoxy) is 1. The number of benzene rings is 1. The number of amides is 1. The van der Waals surface area contributed by atoms with Crippen LogP contribution in [0.5, 0.6) is 0 Å². The maximum Gasteiger partial charge on any atom is 0.338 e. The number of anilines is 2. The summed E-state index contributed by atoms with van der Waals surface area (Å²) < 4.78 is 5.70. The smallest absolute Gasteiger partial charge is 0.338 e. The largest absolute Gasteiger partial charge is 0.453 e. The molecule has 10 heteroatoms. The van der Waals surface area contributed by atoms with Crippen molar-refractivity contribution in [1.82, 2.24) is 25.2 Å². The SMILES string of the molecule is CC(C)Nc1nc([C@@H](C)OC(=O)c2ccccc2)cc2cnc(NC3CCC(NC(=O)CN(C)C)CC3)nc12. The summed E-state index contributed by atoms with van der Waals surface area (Å²) in [5, 5.41) is 10.8. The van der Waals surface area contributed by atoms with Crippen molar-refractivity contribution in [3.63, 3.8) is 0 Å². The van der Waals surface area contributed by atoms with E-state index in [4.69, 9.17) is 14.7 Å². The van der Waals surface area contributed by atoms with Crippen LogP contribution in [0.15, 0.2) is 42.6 Å². The van der Waals surface area contributed by atoms with Gasteiger partial charge in [-0.25, -0.2) is 19.7 Å². The average Bonchev–Trinajstić information content (AvgIpc) is 2.89. The standard InChI is InChI=1S/C29H39N7O3/c1-18(2)31-27-26-21(15-24(34-27)19(3)39-28(38)20-9-7-6-8-10-20)16-30-29(35-26)33-23-13-11-22(12-14-23)32-25(37)17-36(4)5/h6-10,15-16,18-19,22-23H,11-14,17H2,1-5H3,(H,31,34)(H,32,37)(H,30,33,35)/t19-,22?,23?/m1/s1. The van der Waals surface area contributed by atoms with Gasteiger partial charge in [-0.05, 0) is 78.7 Å². The number of hydrogen-bond acceptors (Lipinski definition) is 9. The van der Waals surface area contributed by atoms with Crippen LogP contribution < -0.4 is 16.0 Å². The molecule has 1 aliphatic carbocycles. The van der Waals surface area contributed by atoms with E-state index in [0.29, 0.717) is 35.1 Å². The Morgan fingerprint density at radius 3 is 2.38 bits per heavy atom. The maximum absolute atomic E-state index is 12.6. The Morgan fingerprint density at radius 2 is 1.72 bits per heavy atom. The number of pyridine rings is 1. The zero-order valence-electron chi connectivity index (χ0n) is 23.4. The van der Waals surface area contributed by atoms with E-state index in [2.05, 4.69) is 20.9 Å². The molecule has 3 N–H and O–H groups in total. The minimum absolute atomic E-state index is 0.0653. The van der Waals surface area contributed by atoms with Crippen molar-refractivity contribution in [2.24, 2.45) is 0 Å². The first-order valence-electron chi connectivity index (χ1n) is 13.6. The Kier molecular flexibility index (Phi) is 9.29. The third-order valence-corrected chi connectivity index (χ3v) is 6.61. The van der Waals surface area contributed by atoms with Gasteiger partial charge in [0.15, 0.2) is 5.82 Å². The van der Waals surface area contributed by atoms with Gasteiger partial charge in [0.2, 0.25) is 11.9 Å². The summed E-state index contributed by atoms with van der Waals surface area (Å²) in [6, 6.07) is 11.4. The molecule has 4 rings (SSSR count). The Morgan fingerprint density at radius 1 is 1.03 bits per heavy atom. The first-order valence-corrected chi connectivity index (χ1v) is 13.6. The minimum Gasteiger partial charge on any atom is -0.453 e. The molecular weight excluding hydrogens is 494 g/mol. The molecule has 0 radical (unpaired) electrons. The van der Waals surface area contributed by atoms with Gasteiger partial charge in [-0.3, -0.25) is 4.79 Å². The van der Waals surface area contributed by atoms with Crippen LogP contribution in [0.1, 0.15) is 68.6 Å². The summed E-state index contributed by atoms with van der Waals surface area (Å²) in [7, 11) is 3.79. The van der Waals surface area contributed by atoms with Crippen LogP contribution in [0, 0.1) is 0 Å². The number of esters is 1. The van der Waals surface area contributed by atoms with E-state index in [1.807, 2.05) is 51.9 Å². The molecule has 208 valence electrons. The van der Waals surface area contributed by atoms with Crippen molar-refractivity contribution in [3.8, 4) is 0 Å². The van der Waals surface area contributed by atoms with Gasteiger partial charge < -0.3 is 25.6 Å². The van der Waals surface area contributed by atoms with Crippen molar-refractivity contribution in [3.05, 3.63) is 53.9 Å². The molecular formula is C29H39N7O3. The summed E-state index contributed by atoms with van der Waals surface area (Å²) in [6.45, 7) is 6.29. The lowest BCUT2D eigenvalue weighted by molar-refractivity contribution is -0.122. The number of hydrogen-bond donors (Lipinski definition) is 3. The van der Waals surface area contributed by atoms with Gasteiger partial charge in [-0.1, -0.05) is 18.2 Å². The van der Waals surface area contributed by atoms with Gasteiger partial charge in [0.25, 0.3) is 0 Å². The van der Waals surface area contributed by atoms with Gasteiger partial charge in [0.05, 0.1) is 17.8 Å². The number of carbonyl (C=O) groups is 2. The van der Waals surface area contributed by atoms with Crippen molar-refractivity contribution in [2.75, 3.05) is 31.3 Å². The van der Waals surface area contributed by atoms with Crippen molar-refractivity contribution >= 4 is 34.5 Å². The second-order valence-electron chi connectivity index (χ2n) is 10.7. The molecule has 0 spiro atoms. The zero-order chi connectivity index (χ0) is 27.9. The van der Waals surface area contributed by atoms with E-state index in [1.165, 1.54) is 0 Å². The number of nitrogens with one attached hydrogen (secondary N) is 3. The summed E-state index contributed by atoms with van der Waals surface area (Å²) in [4.78, 5) is 40.7. The molecule has 1 aliphatic rings. The zero-order valence-corrected chi connectivity index (χ0v) is 23.4. The molecule has 1 saturated carbocycles. The topological polar surface area (TPSA) is 121 Å². The molecule has 1 amide bonds. The third-order valence-electron chi connectivity index (χ3n) is 6.61. The summed E-state index contributed by atoms with van der Waals surface area (Å²) in [6.07, 6.45) is 4.89. The predicted molar refractivity (Wildman–Crippen MR) is 153 cm³/mol. The molecule has 2 heterocycles. The molecule has 1 aromatic carbocycles. The molecule has 1 atom stereocenters.